The summed E-state index contributed by atoms with van der Waals surface area (Å²) in [5.41, 5.74) is 12.4. The van der Waals surface area contributed by atoms with Crippen molar-refractivity contribution in [1.29, 1.82) is 5.41 Å². The van der Waals surface area contributed by atoms with E-state index in [4.69, 9.17) is 26.4 Å². The van der Waals surface area contributed by atoms with Gasteiger partial charge in [0.25, 0.3) is 5.91 Å². The maximum absolute atomic E-state index is 14.3. The first-order chi connectivity index (χ1) is 14.6. The van der Waals surface area contributed by atoms with Crippen LogP contribution in [0.2, 0.25) is 0 Å². The molecule has 1 amide bonds. The zero-order valence-corrected chi connectivity index (χ0v) is 17.6. The van der Waals surface area contributed by atoms with Crippen LogP contribution in [0.1, 0.15) is 21.5 Å². The van der Waals surface area contributed by atoms with Gasteiger partial charge in [-0.15, -0.1) is 0 Å². The largest absolute Gasteiger partial charge is 0.488 e. The number of amides is 1. The minimum absolute atomic E-state index is 0.0192. The molecule has 2 rings (SSSR count). The average molecular weight is 428 g/mol. The normalized spacial score (nSPS) is 11.2. The molecule has 0 heterocycles. The van der Waals surface area contributed by atoms with Gasteiger partial charge in [-0.05, 0) is 23.8 Å². The van der Waals surface area contributed by atoms with E-state index in [1.807, 2.05) is 0 Å². The Balaban J connectivity index is 2.19. The number of nitrogens with zero attached hydrogens (tertiary/aromatic N) is 1. The molecule has 0 bridgehead atoms. The van der Waals surface area contributed by atoms with Crippen LogP contribution >= 0.6 is 0 Å². The summed E-state index contributed by atoms with van der Waals surface area (Å²) >= 11 is 0. The molecule has 2 aromatic carbocycles. The number of hydrogen-bond donors (Lipinski definition) is 3. The lowest BCUT2D eigenvalue weighted by molar-refractivity contribution is -0.108. The number of nitrogens with two attached hydrogens (primary N) is 2. The smallest absolute Gasteiger partial charge is 0.253 e. The molecule has 164 valence electrons. The monoisotopic (exact) mass is 428 g/mol. The van der Waals surface area contributed by atoms with E-state index in [1.165, 1.54) is 18.1 Å². The van der Waals surface area contributed by atoms with Crippen molar-refractivity contribution >= 4 is 28.8 Å². The maximum Gasteiger partial charge on any atom is 0.253 e. The maximum atomic E-state index is 14.3. The summed E-state index contributed by atoms with van der Waals surface area (Å²) in [5.74, 6) is -1.76. The molecule has 9 heteroatoms. The van der Waals surface area contributed by atoms with Crippen LogP contribution in [0.15, 0.2) is 42.5 Å². The Morgan fingerprint density at radius 2 is 1.74 bits per heavy atom. The summed E-state index contributed by atoms with van der Waals surface area (Å²) in [4.78, 5) is 25.9. The molecule has 0 aliphatic carbocycles. The highest BCUT2D eigenvalue weighted by Crippen LogP contribution is 2.25. The fraction of sp³-hybridized carbons (Fsp3) is 0.227. The molecule has 0 aliphatic heterocycles. The van der Waals surface area contributed by atoms with E-state index in [2.05, 4.69) is 0 Å². The molecule has 0 saturated carbocycles. The molecule has 0 fully saturated rings. The number of rotatable bonds is 9. The molecule has 0 spiro atoms. The number of nitrogens with one attached hydrogen (secondary N) is 1. The van der Waals surface area contributed by atoms with Crippen molar-refractivity contribution in [2.45, 2.75) is 0 Å². The van der Waals surface area contributed by atoms with Gasteiger partial charge < -0.3 is 25.8 Å². The highest BCUT2D eigenvalue weighted by Gasteiger charge is 2.18. The molecule has 0 radical (unpaired) electrons. The quantitative estimate of drug-likeness (QED) is 0.242. The fourth-order valence-corrected chi connectivity index (χ4v) is 2.62. The van der Waals surface area contributed by atoms with Gasteiger partial charge in [0.15, 0.2) is 11.6 Å². The van der Waals surface area contributed by atoms with E-state index in [1.54, 1.807) is 38.4 Å². The number of methoxy groups -OCH3 is 1. The SMILES string of the molecule is COCCOc1cc(N)c(C(=N)C(=O)/C=C(\N)c2ccc(C(=O)N(C)C)cc2)cc1F. The van der Waals surface area contributed by atoms with E-state index in [9.17, 15) is 14.0 Å². The minimum atomic E-state index is -0.754. The van der Waals surface area contributed by atoms with Gasteiger partial charge in [0.1, 0.15) is 12.3 Å². The summed E-state index contributed by atoms with van der Waals surface area (Å²) < 4.78 is 24.3. The lowest BCUT2D eigenvalue weighted by Crippen LogP contribution is -2.21. The van der Waals surface area contributed by atoms with Crippen molar-refractivity contribution in [3.05, 3.63) is 65.0 Å². The van der Waals surface area contributed by atoms with Crippen molar-refractivity contribution in [3.63, 3.8) is 0 Å². The van der Waals surface area contributed by atoms with Crippen molar-refractivity contribution in [2.75, 3.05) is 40.2 Å². The molecule has 31 heavy (non-hydrogen) atoms. The van der Waals surface area contributed by atoms with E-state index in [0.717, 1.165) is 12.1 Å². The number of ketones is 1. The van der Waals surface area contributed by atoms with Crippen molar-refractivity contribution in [2.24, 2.45) is 5.73 Å². The third kappa shape index (κ3) is 5.89. The van der Waals surface area contributed by atoms with Crippen LogP contribution in [-0.4, -0.2) is 56.7 Å². The van der Waals surface area contributed by atoms with Crippen molar-refractivity contribution in [1.82, 2.24) is 4.90 Å². The van der Waals surface area contributed by atoms with Gasteiger partial charge in [-0.1, -0.05) is 12.1 Å². The number of carbonyl (C=O) groups is 2. The zero-order chi connectivity index (χ0) is 23.1. The van der Waals surface area contributed by atoms with E-state index in [0.29, 0.717) is 11.1 Å². The summed E-state index contributed by atoms with van der Waals surface area (Å²) in [6, 6.07) is 8.56. The van der Waals surface area contributed by atoms with Crippen LogP contribution < -0.4 is 16.2 Å². The average Bonchev–Trinajstić information content (AvgIpc) is 2.74. The number of carbonyl (C=O) groups excluding carboxylic acids is 2. The number of hydrogen-bond acceptors (Lipinski definition) is 7. The third-order valence-corrected chi connectivity index (χ3v) is 4.32. The topological polar surface area (TPSA) is 132 Å². The van der Waals surface area contributed by atoms with Gasteiger partial charge in [-0.2, -0.15) is 0 Å². The molecular formula is C22H25FN4O4. The van der Waals surface area contributed by atoms with Crippen LogP contribution in [-0.2, 0) is 9.53 Å². The first kappa shape index (κ1) is 23.6. The second-order valence-corrected chi connectivity index (χ2v) is 6.83. The lowest BCUT2D eigenvalue weighted by Gasteiger charge is -2.12. The molecule has 0 aromatic heterocycles. The first-order valence-electron chi connectivity index (χ1n) is 9.29. The summed E-state index contributed by atoms with van der Waals surface area (Å²) in [7, 11) is 4.77. The molecule has 0 atom stereocenters. The second-order valence-electron chi connectivity index (χ2n) is 6.83. The Bertz CT molecular complexity index is 1020. The van der Waals surface area contributed by atoms with Crippen LogP contribution in [0.25, 0.3) is 5.70 Å². The summed E-state index contributed by atoms with van der Waals surface area (Å²) in [6.07, 6.45) is 1.06. The molecule has 2 aromatic rings. The first-order valence-corrected chi connectivity index (χ1v) is 9.29. The van der Waals surface area contributed by atoms with Crippen molar-refractivity contribution in [3.8, 4) is 5.75 Å². The number of allylic oxidation sites excluding steroid dienone is 1. The zero-order valence-electron chi connectivity index (χ0n) is 17.6. The fourth-order valence-electron chi connectivity index (χ4n) is 2.62. The number of nitrogen functional groups attached to an aromatic ring is 1. The van der Waals surface area contributed by atoms with E-state index in [-0.39, 0.29) is 41.8 Å². The highest BCUT2D eigenvalue weighted by atomic mass is 19.1. The van der Waals surface area contributed by atoms with Crippen LogP contribution in [0.4, 0.5) is 10.1 Å². The number of ether oxygens (including phenoxy) is 2. The number of halogens is 1. The predicted octanol–water partition coefficient (Wildman–Crippen LogP) is 2.07. The standard InChI is InChI=1S/C22H25FN4O4/c1-27(2)22(29)14-6-4-13(5-7-14)17(24)11-19(28)21(26)15-10-16(23)20(12-18(15)25)31-9-8-30-3/h4-7,10-12,26H,8-9,24-25H2,1-3H3/b17-11-,26-21?. The van der Waals surface area contributed by atoms with Crippen LogP contribution in [0.3, 0.4) is 0 Å². The Hall–Kier alpha value is -3.72. The van der Waals surface area contributed by atoms with Gasteiger partial charge in [0.2, 0.25) is 5.78 Å². The second kappa shape index (κ2) is 10.4. The van der Waals surface area contributed by atoms with E-state index >= 15 is 0 Å². The molecular weight excluding hydrogens is 403 g/mol. The minimum Gasteiger partial charge on any atom is -0.488 e. The summed E-state index contributed by atoms with van der Waals surface area (Å²) in [6.45, 7) is 0.393. The van der Waals surface area contributed by atoms with Crippen LogP contribution in [0, 0.1) is 11.2 Å². The number of benzene rings is 2. The van der Waals surface area contributed by atoms with Gasteiger partial charge in [-0.3, -0.25) is 15.0 Å². The lowest BCUT2D eigenvalue weighted by atomic mass is 10.0. The molecule has 0 unspecified atom stereocenters. The predicted molar refractivity (Wildman–Crippen MR) is 117 cm³/mol. The molecule has 5 N–H and O–H groups in total. The van der Waals surface area contributed by atoms with Gasteiger partial charge >= 0.3 is 0 Å². The van der Waals surface area contributed by atoms with E-state index < -0.39 is 17.3 Å². The van der Waals surface area contributed by atoms with Gasteiger partial charge in [-0.25, -0.2) is 4.39 Å². The Morgan fingerprint density at radius 1 is 1.13 bits per heavy atom. The molecule has 8 nitrogen and oxygen atoms in total. The van der Waals surface area contributed by atoms with Crippen molar-refractivity contribution < 1.29 is 23.5 Å². The number of anilines is 1. The molecule has 0 saturated heterocycles. The molecule has 0 aliphatic rings. The Morgan fingerprint density at radius 3 is 2.32 bits per heavy atom. The Kier molecular flexibility index (Phi) is 7.87. The summed E-state index contributed by atoms with van der Waals surface area (Å²) in [5, 5.41) is 8.10. The van der Waals surface area contributed by atoms with Gasteiger partial charge in [0.05, 0.1) is 6.61 Å². The van der Waals surface area contributed by atoms with Crippen LogP contribution in [0.5, 0.6) is 5.75 Å². The highest BCUT2D eigenvalue weighted by molar-refractivity contribution is 6.50. The van der Waals surface area contributed by atoms with Gasteiger partial charge in [0, 0.05) is 55.9 Å². The Labute approximate surface area is 179 Å². The third-order valence-electron chi connectivity index (χ3n) is 4.32.